The van der Waals surface area contributed by atoms with Crippen molar-refractivity contribution in [3.05, 3.63) is 87.4 Å². The minimum absolute atomic E-state index is 0.114. The Labute approximate surface area is 209 Å². The first-order chi connectivity index (χ1) is 16.3. The van der Waals surface area contributed by atoms with E-state index in [0.29, 0.717) is 17.0 Å². The number of carbonyl (C=O) groups is 3. The van der Waals surface area contributed by atoms with Crippen molar-refractivity contribution in [3.8, 4) is 5.75 Å². The van der Waals surface area contributed by atoms with E-state index in [0.717, 1.165) is 0 Å². The van der Waals surface area contributed by atoms with Gasteiger partial charge in [0, 0.05) is 5.69 Å². The molecule has 0 unspecified atom stereocenters. The summed E-state index contributed by atoms with van der Waals surface area (Å²) >= 11 is 18.0. The second-order valence-electron chi connectivity index (χ2n) is 6.65. The van der Waals surface area contributed by atoms with Gasteiger partial charge in [0.05, 0.1) is 27.0 Å². The van der Waals surface area contributed by atoms with Crippen molar-refractivity contribution in [1.82, 2.24) is 5.43 Å². The van der Waals surface area contributed by atoms with E-state index in [1.54, 1.807) is 48.5 Å². The van der Waals surface area contributed by atoms with Crippen LogP contribution in [0.3, 0.4) is 0 Å². The lowest BCUT2D eigenvalue weighted by atomic mass is 10.2. The maximum Gasteiger partial charge on any atom is 0.329 e. The van der Waals surface area contributed by atoms with Gasteiger partial charge in [-0.15, -0.1) is 0 Å². The van der Waals surface area contributed by atoms with E-state index < -0.39 is 11.8 Å². The van der Waals surface area contributed by atoms with E-state index in [2.05, 4.69) is 21.2 Å². The molecule has 3 N–H and O–H groups in total. The molecule has 0 radical (unpaired) electrons. The molecular formula is C23H17Cl3N4O4. The van der Waals surface area contributed by atoms with Crippen molar-refractivity contribution in [3.63, 3.8) is 0 Å². The highest BCUT2D eigenvalue weighted by atomic mass is 35.5. The van der Waals surface area contributed by atoms with Crippen LogP contribution in [0.25, 0.3) is 0 Å². The van der Waals surface area contributed by atoms with Gasteiger partial charge in [-0.1, -0.05) is 59.1 Å². The topological polar surface area (TPSA) is 109 Å². The Morgan fingerprint density at radius 3 is 2.35 bits per heavy atom. The predicted octanol–water partition coefficient (Wildman–Crippen LogP) is 4.75. The highest BCUT2D eigenvalue weighted by molar-refractivity contribution is 6.45. The molecule has 0 heterocycles. The van der Waals surface area contributed by atoms with Crippen LogP contribution in [0.15, 0.2) is 71.8 Å². The Morgan fingerprint density at radius 1 is 0.853 bits per heavy atom. The summed E-state index contributed by atoms with van der Waals surface area (Å²) in [4.78, 5) is 35.9. The zero-order valence-electron chi connectivity index (χ0n) is 17.3. The summed E-state index contributed by atoms with van der Waals surface area (Å²) in [5.41, 5.74) is 3.46. The number of para-hydroxylation sites is 1. The highest BCUT2D eigenvalue weighted by Crippen LogP contribution is 2.29. The maximum atomic E-state index is 12.0. The van der Waals surface area contributed by atoms with Crippen molar-refractivity contribution in [2.75, 3.05) is 17.2 Å². The van der Waals surface area contributed by atoms with Gasteiger partial charge in [0.15, 0.2) is 6.61 Å². The second kappa shape index (κ2) is 12.0. The quantitative estimate of drug-likeness (QED) is 0.238. The molecular weight excluding hydrogens is 503 g/mol. The standard InChI is InChI=1S/C23H17Cl3N4O4/c24-16-7-4-8-18(21(16)26)29-22(32)23(33)30-27-12-14-9-10-19(17(25)11-14)34-13-20(31)28-15-5-2-1-3-6-15/h1-12H,13H2,(H,28,31)(H,29,32)(H,30,33)/b27-12-. The van der Waals surface area contributed by atoms with Gasteiger partial charge < -0.3 is 15.4 Å². The molecule has 0 atom stereocenters. The Hall–Kier alpha value is -3.59. The van der Waals surface area contributed by atoms with E-state index in [4.69, 9.17) is 39.5 Å². The van der Waals surface area contributed by atoms with Crippen molar-refractivity contribution in [2.24, 2.45) is 5.10 Å². The average Bonchev–Trinajstić information content (AvgIpc) is 2.82. The molecule has 0 saturated heterocycles. The molecule has 0 saturated carbocycles. The Morgan fingerprint density at radius 2 is 1.62 bits per heavy atom. The normalized spacial score (nSPS) is 10.6. The number of hydrogen-bond acceptors (Lipinski definition) is 5. The predicted molar refractivity (Wildman–Crippen MR) is 133 cm³/mol. The third kappa shape index (κ3) is 7.21. The Kier molecular flexibility index (Phi) is 8.86. The number of halogens is 3. The Bertz CT molecular complexity index is 1240. The zero-order valence-corrected chi connectivity index (χ0v) is 19.6. The molecule has 3 rings (SSSR count). The van der Waals surface area contributed by atoms with Gasteiger partial charge in [-0.2, -0.15) is 5.10 Å². The van der Waals surface area contributed by atoms with Crippen LogP contribution in [-0.4, -0.2) is 30.5 Å². The van der Waals surface area contributed by atoms with E-state index in [1.807, 2.05) is 6.07 Å². The number of carbonyl (C=O) groups excluding carboxylic acids is 3. The average molecular weight is 520 g/mol. The molecule has 0 fully saturated rings. The lowest BCUT2D eigenvalue weighted by molar-refractivity contribution is -0.136. The van der Waals surface area contributed by atoms with Crippen LogP contribution in [0.1, 0.15) is 5.56 Å². The van der Waals surface area contributed by atoms with Crippen molar-refractivity contribution in [1.29, 1.82) is 0 Å². The summed E-state index contributed by atoms with van der Waals surface area (Å²) < 4.78 is 5.44. The van der Waals surface area contributed by atoms with Crippen molar-refractivity contribution < 1.29 is 19.1 Å². The largest absolute Gasteiger partial charge is 0.482 e. The van der Waals surface area contributed by atoms with Gasteiger partial charge in [0.1, 0.15) is 5.75 Å². The van der Waals surface area contributed by atoms with Crippen LogP contribution in [-0.2, 0) is 14.4 Å². The number of amides is 3. The fourth-order valence-corrected chi connectivity index (χ4v) is 3.16. The molecule has 0 bridgehead atoms. The summed E-state index contributed by atoms with van der Waals surface area (Å²) in [7, 11) is 0. The minimum atomic E-state index is -1.01. The van der Waals surface area contributed by atoms with Gasteiger partial charge in [0.25, 0.3) is 5.91 Å². The van der Waals surface area contributed by atoms with Crippen molar-refractivity contribution >= 4 is 70.1 Å². The number of hydrazone groups is 1. The van der Waals surface area contributed by atoms with E-state index in [1.165, 1.54) is 18.3 Å². The number of ether oxygens (including phenoxy) is 1. The number of hydrogen-bond donors (Lipinski definition) is 3. The summed E-state index contributed by atoms with van der Waals surface area (Å²) in [5.74, 6) is -2.03. The van der Waals surface area contributed by atoms with E-state index >= 15 is 0 Å². The fraction of sp³-hybridized carbons (Fsp3) is 0.0435. The summed E-state index contributed by atoms with van der Waals surface area (Å²) in [6.07, 6.45) is 1.29. The first-order valence-corrected chi connectivity index (χ1v) is 10.8. The molecule has 34 heavy (non-hydrogen) atoms. The lowest BCUT2D eigenvalue weighted by Crippen LogP contribution is -2.32. The fourth-order valence-electron chi connectivity index (χ4n) is 2.57. The second-order valence-corrected chi connectivity index (χ2v) is 7.84. The molecule has 0 aliphatic rings. The third-order valence-electron chi connectivity index (χ3n) is 4.16. The van der Waals surface area contributed by atoms with Gasteiger partial charge in [0.2, 0.25) is 0 Å². The van der Waals surface area contributed by atoms with Gasteiger partial charge in [-0.3, -0.25) is 14.4 Å². The summed E-state index contributed by atoms with van der Waals surface area (Å²) in [6.45, 7) is -0.232. The molecule has 0 aliphatic carbocycles. The number of anilines is 2. The monoisotopic (exact) mass is 518 g/mol. The number of nitrogens with zero attached hydrogens (tertiary/aromatic N) is 1. The molecule has 0 spiro atoms. The van der Waals surface area contributed by atoms with Gasteiger partial charge in [-0.05, 0) is 48.0 Å². The Balaban J connectivity index is 1.49. The lowest BCUT2D eigenvalue weighted by Gasteiger charge is -2.09. The summed E-state index contributed by atoms with van der Waals surface area (Å²) in [6, 6.07) is 18.3. The SMILES string of the molecule is O=C(COc1ccc(/C=N\NC(=O)C(=O)Nc2cccc(Cl)c2Cl)cc1Cl)Nc1ccccc1. The van der Waals surface area contributed by atoms with Crippen LogP contribution >= 0.6 is 34.8 Å². The molecule has 11 heteroatoms. The molecule has 3 aromatic carbocycles. The maximum absolute atomic E-state index is 12.0. The highest BCUT2D eigenvalue weighted by Gasteiger charge is 2.15. The van der Waals surface area contributed by atoms with Crippen LogP contribution in [0.2, 0.25) is 15.1 Å². The zero-order chi connectivity index (χ0) is 24.5. The molecule has 8 nitrogen and oxygen atoms in total. The molecule has 174 valence electrons. The number of rotatable bonds is 7. The first-order valence-electron chi connectivity index (χ1n) is 9.69. The van der Waals surface area contributed by atoms with E-state index in [9.17, 15) is 14.4 Å². The van der Waals surface area contributed by atoms with Crippen molar-refractivity contribution in [2.45, 2.75) is 0 Å². The van der Waals surface area contributed by atoms with Crippen LogP contribution < -0.4 is 20.8 Å². The number of nitrogens with one attached hydrogen (secondary N) is 3. The summed E-state index contributed by atoms with van der Waals surface area (Å²) in [5, 5.41) is 9.35. The van der Waals surface area contributed by atoms with Crippen LogP contribution in [0, 0.1) is 0 Å². The van der Waals surface area contributed by atoms with Crippen LogP contribution in [0.4, 0.5) is 11.4 Å². The smallest absolute Gasteiger partial charge is 0.329 e. The molecule has 0 aromatic heterocycles. The molecule has 0 aliphatic heterocycles. The molecule has 3 amide bonds. The van der Waals surface area contributed by atoms with Crippen LogP contribution in [0.5, 0.6) is 5.75 Å². The number of benzene rings is 3. The minimum Gasteiger partial charge on any atom is -0.482 e. The van der Waals surface area contributed by atoms with Gasteiger partial charge >= 0.3 is 11.8 Å². The first kappa shape index (κ1) is 25.0. The molecule has 3 aromatic rings. The van der Waals surface area contributed by atoms with Gasteiger partial charge in [-0.25, -0.2) is 5.43 Å². The van der Waals surface area contributed by atoms with E-state index in [-0.39, 0.29) is 33.3 Å². The third-order valence-corrected chi connectivity index (χ3v) is 5.27.